The van der Waals surface area contributed by atoms with E-state index in [9.17, 15) is 0 Å². The summed E-state index contributed by atoms with van der Waals surface area (Å²) in [4.78, 5) is 4.29. The SMILES string of the molecule is CCc1nc(C(N)CC2CCCCC2)no1. The molecule has 1 aromatic rings. The Morgan fingerprint density at radius 2 is 2.12 bits per heavy atom. The predicted octanol–water partition coefficient (Wildman–Crippen LogP) is 2.60. The first-order chi connectivity index (χ1) is 7.79. The summed E-state index contributed by atoms with van der Waals surface area (Å²) in [6.45, 7) is 2.00. The Kier molecular flexibility index (Phi) is 3.93. The lowest BCUT2D eigenvalue weighted by molar-refractivity contribution is 0.310. The van der Waals surface area contributed by atoms with Gasteiger partial charge < -0.3 is 10.3 Å². The molecule has 1 heterocycles. The summed E-state index contributed by atoms with van der Waals surface area (Å²) in [6.07, 6.45) is 8.49. The fourth-order valence-corrected chi connectivity index (χ4v) is 2.45. The summed E-state index contributed by atoms with van der Waals surface area (Å²) < 4.78 is 5.08. The molecule has 0 aliphatic heterocycles. The molecule has 16 heavy (non-hydrogen) atoms. The van der Waals surface area contributed by atoms with Crippen LogP contribution in [0.15, 0.2) is 4.52 Å². The number of hydrogen-bond acceptors (Lipinski definition) is 4. The molecule has 0 bridgehead atoms. The quantitative estimate of drug-likeness (QED) is 0.852. The Balaban J connectivity index is 1.88. The van der Waals surface area contributed by atoms with E-state index in [1.54, 1.807) is 0 Å². The summed E-state index contributed by atoms with van der Waals surface area (Å²) in [6, 6.07) is -0.0489. The Morgan fingerprint density at radius 1 is 1.38 bits per heavy atom. The second-order valence-corrected chi connectivity index (χ2v) is 4.75. The van der Waals surface area contributed by atoms with Crippen LogP contribution in [0, 0.1) is 5.92 Å². The first kappa shape index (κ1) is 11.6. The molecule has 0 radical (unpaired) electrons. The van der Waals surface area contributed by atoms with Crippen LogP contribution in [-0.4, -0.2) is 10.1 Å². The van der Waals surface area contributed by atoms with E-state index < -0.39 is 0 Å². The first-order valence-electron chi connectivity index (χ1n) is 6.37. The van der Waals surface area contributed by atoms with E-state index >= 15 is 0 Å². The normalized spacial score (nSPS) is 19.9. The van der Waals surface area contributed by atoms with E-state index in [-0.39, 0.29) is 6.04 Å². The maximum Gasteiger partial charge on any atom is 0.226 e. The highest BCUT2D eigenvalue weighted by Crippen LogP contribution is 2.30. The Labute approximate surface area is 96.6 Å². The van der Waals surface area contributed by atoms with Crippen LogP contribution >= 0.6 is 0 Å². The maximum atomic E-state index is 6.11. The van der Waals surface area contributed by atoms with E-state index in [4.69, 9.17) is 10.3 Å². The highest BCUT2D eigenvalue weighted by Gasteiger charge is 2.20. The van der Waals surface area contributed by atoms with Gasteiger partial charge in [0.1, 0.15) is 0 Å². The van der Waals surface area contributed by atoms with Gasteiger partial charge in [-0.3, -0.25) is 0 Å². The van der Waals surface area contributed by atoms with E-state index in [2.05, 4.69) is 10.1 Å². The van der Waals surface area contributed by atoms with E-state index in [1.165, 1.54) is 32.1 Å². The topological polar surface area (TPSA) is 64.9 Å². The largest absolute Gasteiger partial charge is 0.339 e. The summed E-state index contributed by atoms with van der Waals surface area (Å²) >= 11 is 0. The summed E-state index contributed by atoms with van der Waals surface area (Å²) in [5, 5.41) is 3.94. The van der Waals surface area contributed by atoms with Crippen LogP contribution in [0.5, 0.6) is 0 Å². The van der Waals surface area contributed by atoms with Gasteiger partial charge in [-0.1, -0.05) is 44.2 Å². The number of nitrogens with zero attached hydrogens (tertiary/aromatic N) is 2. The molecule has 1 aromatic heterocycles. The van der Waals surface area contributed by atoms with Crippen molar-refractivity contribution in [1.82, 2.24) is 10.1 Å². The molecule has 90 valence electrons. The fraction of sp³-hybridized carbons (Fsp3) is 0.833. The molecule has 1 atom stereocenters. The maximum absolute atomic E-state index is 6.11. The van der Waals surface area contributed by atoms with Gasteiger partial charge >= 0.3 is 0 Å². The molecule has 0 saturated heterocycles. The lowest BCUT2D eigenvalue weighted by atomic mass is 9.85. The molecule has 1 saturated carbocycles. The monoisotopic (exact) mass is 223 g/mol. The number of aromatic nitrogens is 2. The molecule has 0 amide bonds. The number of aryl methyl sites for hydroxylation is 1. The highest BCUT2D eigenvalue weighted by atomic mass is 16.5. The second kappa shape index (κ2) is 5.43. The van der Waals surface area contributed by atoms with E-state index in [0.29, 0.717) is 11.7 Å². The van der Waals surface area contributed by atoms with Crippen molar-refractivity contribution in [1.29, 1.82) is 0 Å². The van der Waals surface area contributed by atoms with Crippen LogP contribution in [-0.2, 0) is 6.42 Å². The van der Waals surface area contributed by atoms with Gasteiger partial charge in [0.15, 0.2) is 5.82 Å². The smallest absolute Gasteiger partial charge is 0.226 e. The summed E-state index contributed by atoms with van der Waals surface area (Å²) in [5.74, 6) is 2.13. The average molecular weight is 223 g/mol. The summed E-state index contributed by atoms with van der Waals surface area (Å²) in [7, 11) is 0. The van der Waals surface area contributed by atoms with Crippen LogP contribution in [0.3, 0.4) is 0 Å². The zero-order chi connectivity index (χ0) is 11.4. The lowest BCUT2D eigenvalue weighted by Crippen LogP contribution is -2.18. The van der Waals surface area contributed by atoms with E-state index in [0.717, 1.165) is 18.8 Å². The zero-order valence-corrected chi connectivity index (χ0v) is 9.98. The average Bonchev–Trinajstić information content (AvgIpc) is 2.79. The van der Waals surface area contributed by atoms with Gasteiger partial charge in [-0.05, 0) is 12.3 Å². The van der Waals surface area contributed by atoms with Crippen LogP contribution in [0.4, 0.5) is 0 Å². The van der Waals surface area contributed by atoms with Gasteiger partial charge in [0.25, 0.3) is 0 Å². The minimum Gasteiger partial charge on any atom is -0.339 e. The van der Waals surface area contributed by atoms with Gasteiger partial charge in [-0.15, -0.1) is 0 Å². The van der Waals surface area contributed by atoms with Crippen molar-refractivity contribution in [2.45, 2.75) is 57.9 Å². The zero-order valence-electron chi connectivity index (χ0n) is 9.98. The molecule has 1 aliphatic rings. The van der Waals surface area contributed by atoms with Crippen molar-refractivity contribution >= 4 is 0 Å². The Hall–Kier alpha value is -0.900. The van der Waals surface area contributed by atoms with Crippen molar-refractivity contribution in [3.8, 4) is 0 Å². The van der Waals surface area contributed by atoms with Crippen LogP contribution in [0.2, 0.25) is 0 Å². The molecule has 0 spiro atoms. The van der Waals surface area contributed by atoms with Crippen LogP contribution < -0.4 is 5.73 Å². The van der Waals surface area contributed by atoms with Crippen molar-refractivity contribution < 1.29 is 4.52 Å². The van der Waals surface area contributed by atoms with E-state index in [1.807, 2.05) is 6.92 Å². The Bertz CT molecular complexity index is 318. The third-order valence-corrected chi connectivity index (χ3v) is 3.43. The summed E-state index contributed by atoms with van der Waals surface area (Å²) in [5.41, 5.74) is 6.11. The van der Waals surface area contributed by atoms with Crippen LogP contribution in [0.1, 0.15) is 63.2 Å². The van der Waals surface area contributed by atoms with Crippen LogP contribution in [0.25, 0.3) is 0 Å². The molecule has 2 rings (SSSR count). The van der Waals surface area contributed by atoms with Crippen molar-refractivity contribution in [2.24, 2.45) is 11.7 Å². The molecule has 4 nitrogen and oxygen atoms in total. The minimum absolute atomic E-state index is 0.0489. The third-order valence-electron chi connectivity index (χ3n) is 3.43. The van der Waals surface area contributed by atoms with Gasteiger partial charge in [0.2, 0.25) is 5.89 Å². The van der Waals surface area contributed by atoms with Gasteiger partial charge in [0.05, 0.1) is 6.04 Å². The van der Waals surface area contributed by atoms with Crippen molar-refractivity contribution in [3.63, 3.8) is 0 Å². The molecule has 1 fully saturated rings. The molecule has 1 unspecified atom stereocenters. The number of hydrogen-bond donors (Lipinski definition) is 1. The Morgan fingerprint density at radius 3 is 2.75 bits per heavy atom. The predicted molar refractivity (Wildman–Crippen MR) is 61.8 cm³/mol. The molecular weight excluding hydrogens is 202 g/mol. The minimum atomic E-state index is -0.0489. The van der Waals surface area contributed by atoms with Gasteiger partial charge in [0, 0.05) is 6.42 Å². The van der Waals surface area contributed by atoms with Gasteiger partial charge in [-0.25, -0.2) is 0 Å². The molecule has 4 heteroatoms. The van der Waals surface area contributed by atoms with Crippen molar-refractivity contribution in [2.75, 3.05) is 0 Å². The highest BCUT2D eigenvalue weighted by molar-refractivity contribution is 4.93. The molecule has 0 aromatic carbocycles. The fourth-order valence-electron chi connectivity index (χ4n) is 2.45. The molecule has 2 N–H and O–H groups in total. The molecule has 1 aliphatic carbocycles. The number of rotatable bonds is 4. The van der Waals surface area contributed by atoms with Crippen molar-refractivity contribution in [3.05, 3.63) is 11.7 Å². The van der Waals surface area contributed by atoms with Gasteiger partial charge in [-0.2, -0.15) is 4.98 Å². The lowest BCUT2D eigenvalue weighted by Gasteiger charge is -2.23. The third kappa shape index (κ3) is 2.82. The number of nitrogens with two attached hydrogens (primary N) is 1. The molecular formula is C12H21N3O. The standard InChI is InChI=1S/C12H21N3O/c1-2-11-14-12(15-16-11)10(13)8-9-6-4-3-5-7-9/h9-10H,2-8,13H2,1H3. The second-order valence-electron chi connectivity index (χ2n) is 4.75. The first-order valence-corrected chi connectivity index (χ1v) is 6.37.